The number of carbonyl (C=O) groups excluding carboxylic acids is 1. The molecule has 2 rings (SSSR count). The van der Waals surface area contributed by atoms with Gasteiger partial charge in [0.1, 0.15) is 0 Å². The lowest BCUT2D eigenvalue weighted by Crippen LogP contribution is -2.36. The summed E-state index contributed by atoms with van der Waals surface area (Å²) in [4.78, 5) is 15.9. The summed E-state index contributed by atoms with van der Waals surface area (Å²) in [6.45, 7) is 4.96. The third kappa shape index (κ3) is 7.76. The summed E-state index contributed by atoms with van der Waals surface area (Å²) in [6.07, 6.45) is 0. The maximum Gasteiger partial charge on any atom is 0.226 e. The minimum atomic E-state index is -0.0381. The Morgan fingerprint density at radius 3 is 2.26 bits per heavy atom. The lowest BCUT2D eigenvalue weighted by Gasteiger charge is -2.13. The summed E-state index contributed by atoms with van der Waals surface area (Å²) in [7, 11) is 1.73. The van der Waals surface area contributed by atoms with Gasteiger partial charge in [0.15, 0.2) is 5.96 Å². The molecule has 0 aliphatic carbocycles. The highest BCUT2D eigenvalue weighted by atomic mass is 127. The molecule has 0 atom stereocenters. The Bertz CT molecular complexity index is 763. The van der Waals surface area contributed by atoms with E-state index in [9.17, 15) is 4.79 Å². The Morgan fingerprint density at radius 2 is 1.67 bits per heavy atom. The number of amides is 1. The van der Waals surface area contributed by atoms with Gasteiger partial charge in [-0.1, -0.05) is 55.8 Å². The average molecular weight is 501 g/mol. The number of carbonyl (C=O) groups is 1. The van der Waals surface area contributed by atoms with E-state index in [0.717, 1.165) is 21.8 Å². The standard InChI is InChI=1S/C20H25ClN4O.HI/c1-14(2)19(26)25-17-10-8-15(9-11-17)12-23-20(22-3)24-13-16-6-4-5-7-18(16)21;/h4-11,14H,12-13H2,1-3H3,(H,25,26)(H2,22,23,24);1H. The zero-order valence-electron chi connectivity index (χ0n) is 15.8. The zero-order chi connectivity index (χ0) is 18.9. The minimum Gasteiger partial charge on any atom is -0.352 e. The fraction of sp³-hybridized carbons (Fsp3) is 0.300. The molecule has 2 aromatic rings. The molecule has 0 aliphatic heterocycles. The predicted octanol–water partition coefficient (Wildman–Crippen LogP) is 4.42. The SMILES string of the molecule is CN=C(NCc1ccc(NC(=O)C(C)C)cc1)NCc1ccccc1Cl.I. The van der Waals surface area contributed by atoms with E-state index in [1.54, 1.807) is 7.05 Å². The summed E-state index contributed by atoms with van der Waals surface area (Å²) in [5, 5.41) is 10.1. The quantitative estimate of drug-likeness (QED) is 0.313. The van der Waals surface area contributed by atoms with Gasteiger partial charge in [-0.3, -0.25) is 9.79 Å². The van der Waals surface area contributed by atoms with E-state index in [1.807, 2.05) is 62.4 Å². The van der Waals surface area contributed by atoms with Crippen LogP contribution in [0.15, 0.2) is 53.5 Å². The Balaban J connectivity index is 0.00000364. The van der Waals surface area contributed by atoms with E-state index in [2.05, 4.69) is 20.9 Å². The number of guanidine groups is 1. The third-order valence-electron chi connectivity index (χ3n) is 3.83. The largest absolute Gasteiger partial charge is 0.352 e. The van der Waals surface area contributed by atoms with E-state index < -0.39 is 0 Å². The smallest absolute Gasteiger partial charge is 0.226 e. The number of halogens is 2. The van der Waals surface area contributed by atoms with Crippen LogP contribution in [0, 0.1) is 5.92 Å². The minimum absolute atomic E-state index is 0. The van der Waals surface area contributed by atoms with Crippen molar-refractivity contribution in [3.8, 4) is 0 Å². The van der Waals surface area contributed by atoms with Crippen LogP contribution in [0.4, 0.5) is 5.69 Å². The molecule has 0 fully saturated rings. The van der Waals surface area contributed by atoms with E-state index in [-0.39, 0.29) is 35.8 Å². The van der Waals surface area contributed by atoms with Crippen molar-refractivity contribution in [2.45, 2.75) is 26.9 Å². The molecule has 1 amide bonds. The van der Waals surface area contributed by atoms with Gasteiger partial charge in [-0.2, -0.15) is 0 Å². The Morgan fingerprint density at radius 1 is 1.04 bits per heavy atom. The van der Waals surface area contributed by atoms with Crippen molar-refractivity contribution in [3.05, 3.63) is 64.7 Å². The van der Waals surface area contributed by atoms with Crippen LogP contribution in [0.2, 0.25) is 5.02 Å². The maximum absolute atomic E-state index is 11.7. The Kier molecular flexibility index (Phi) is 10.2. The number of hydrogen-bond donors (Lipinski definition) is 3. The summed E-state index contributed by atoms with van der Waals surface area (Å²) < 4.78 is 0. The molecule has 7 heteroatoms. The van der Waals surface area contributed by atoms with Crippen LogP contribution in [0.25, 0.3) is 0 Å². The van der Waals surface area contributed by atoms with E-state index in [1.165, 1.54) is 0 Å². The van der Waals surface area contributed by atoms with Gasteiger partial charge in [0.05, 0.1) is 0 Å². The van der Waals surface area contributed by atoms with Crippen molar-refractivity contribution < 1.29 is 4.79 Å². The number of nitrogens with zero attached hydrogens (tertiary/aromatic N) is 1. The number of benzene rings is 2. The van der Waals surface area contributed by atoms with Crippen molar-refractivity contribution in [1.82, 2.24) is 10.6 Å². The van der Waals surface area contributed by atoms with Gasteiger partial charge in [-0.05, 0) is 29.3 Å². The molecule has 0 unspecified atom stereocenters. The molecule has 0 heterocycles. The predicted molar refractivity (Wildman–Crippen MR) is 124 cm³/mol. The van der Waals surface area contributed by atoms with Gasteiger partial charge >= 0.3 is 0 Å². The second-order valence-electron chi connectivity index (χ2n) is 6.21. The van der Waals surface area contributed by atoms with Crippen LogP contribution in [0.1, 0.15) is 25.0 Å². The topological polar surface area (TPSA) is 65.5 Å². The number of anilines is 1. The van der Waals surface area contributed by atoms with E-state index in [0.29, 0.717) is 19.0 Å². The maximum atomic E-state index is 11.7. The third-order valence-corrected chi connectivity index (χ3v) is 4.20. The van der Waals surface area contributed by atoms with Crippen molar-refractivity contribution in [2.24, 2.45) is 10.9 Å². The number of nitrogens with one attached hydrogen (secondary N) is 3. The monoisotopic (exact) mass is 500 g/mol. The normalized spacial score (nSPS) is 10.9. The molecular weight excluding hydrogens is 475 g/mol. The molecule has 0 radical (unpaired) electrons. The number of hydrogen-bond acceptors (Lipinski definition) is 2. The van der Waals surface area contributed by atoms with Gasteiger partial charge < -0.3 is 16.0 Å². The second kappa shape index (κ2) is 11.8. The van der Waals surface area contributed by atoms with Gasteiger partial charge in [-0.25, -0.2) is 0 Å². The Labute approximate surface area is 183 Å². The molecule has 2 aromatic carbocycles. The van der Waals surface area contributed by atoms with Crippen LogP contribution in [0.5, 0.6) is 0 Å². The molecular formula is C20H26ClIN4O. The first-order valence-corrected chi connectivity index (χ1v) is 8.95. The van der Waals surface area contributed by atoms with Gasteiger partial charge in [0.25, 0.3) is 0 Å². The summed E-state index contributed by atoms with van der Waals surface area (Å²) in [5.74, 6) is 0.672. The fourth-order valence-electron chi connectivity index (χ4n) is 2.22. The molecule has 0 bridgehead atoms. The molecule has 5 nitrogen and oxygen atoms in total. The summed E-state index contributed by atoms with van der Waals surface area (Å²) >= 11 is 6.16. The fourth-order valence-corrected chi connectivity index (χ4v) is 2.42. The molecule has 3 N–H and O–H groups in total. The van der Waals surface area contributed by atoms with Gasteiger partial charge in [0, 0.05) is 36.8 Å². The highest BCUT2D eigenvalue weighted by Crippen LogP contribution is 2.14. The van der Waals surface area contributed by atoms with Gasteiger partial charge in [-0.15, -0.1) is 24.0 Å². The molecule has 0 saturated heterocycles. The molecule has 0 aromatic heterocycles. The van der Waals surface area contributed by atoms with Crippen LogP contribution in [-0.2, 0) is 17.9 Å². The summed E-state index contributed by atoms with van der Waals surface area (Å²) in [5.41, 5.74) is 2.91. The van der Waals surface area contributed by atoms with Crippen molar-refractivity contribution in [1.29, 1.82) is 0 Å². The van der Waals surface area contributed by atoms with Gasteiger partial charge in [0.2, 0.25) is 5.91 Å². The highest BCUT2D eigenvalue weighted by molar-refractivity contribution is 14.0. The molecule has 27 heavy (non-hydrogen) atoms. The van der Waals surface area contributed by atoms with Crippen LogP contribution >= 0.6 is 35.6 Å². The molecule has 0 aliphatic rings. The van der Waals surface area contributed by atoms with Crippen LogP contribution < -0.4 is 16.0 Å². The van der Waals surface area contributed by atoms with Crippen molar-refractivity contribution >= 4 is 53.1 Å². The van der Waals surface area contributed by atoms with Crippen molar-refractivity contribution in [3.63, 3.8) is 0 Å². The van der Waals surface area contributed by atoms with Crippen molar-refractivity contribution in [2.75, 3.05) is 12.4 Å². The van der Waals surface area contributed by atoms with Crippen LogP contribution in [-0.4, -0.2) is 18.9 Å². The Hall–Kier alpha value is -1.80. The number of aliphatic imine (C=N–C) groups is 1. The van der Waals surface area contributed by atoms with E-state index in [4.69, 9.17) is 11.6 Å². The average Bonchev–Trinajstić information content (AvgIpc) is 2.64. The molecule has 0 spiro atoms. The number of rotatable bonds is 6. The van der Waals surface area contributed by atoms with E-state index >= 15 is 0 Å². The molecule has 146 valence electrons. The highest BCUT2D eigenvalue weighted by Gasteiger charge is 2.07. The summed E-state index contributed by atoms with van der Waals surface area (Å²) in [6, 6.07) is 15.5. The first kappa shape index (κ1) is 23.2. The molecule has 0 saturated carbocycles. The first-order chi connectivity index (χ1) is 12.5. The lowest BCUT2D eigenvalue weighted by atomic mass is 10.1. The second-order valence-corrected chi connectivity index (χ2v) is 6.62. The first-order valence-electron chi connectivity index (χ1n) is 8.57. The zero-order valence-corrected chi connectivity index (χ0v) is 18.8. The van der Waals surface area contributed by atoms with Crippen LogP contribution in [0.3, 0.4) is 0 Å². The lowest BCUT2D eigenvalue weighted by molar-refractivity contribution is -0.118.